The molecule has 22 heavy (non-hydrogen) atoms. The van der Waals surface area contributed by atoms with Crippen LogP contribution in [0.25, 0.3) is 0 Å². The predicted molar refractivity (Wildman–Crippen MR) is 85.3 cm³/mol. The Hall–Kier alpha value is -3.02. The maximum atomic E-state index is 11.8. The van der Waals surface area contributed by atoms with Crippen molar-refractivity contribution in [2.75, 3.05) is 17.7 Å². The quantitative estimate of drug-likeness (QED) is 0.813. The molecule has 3 N–H and O–H groups in total. The van der Waals surface area contributed by atoms with Crippen molar-refractivity contribution < 1.29 is 14.3 Å². The molecule has 0 fully saturated rings. The minimum absolute atomic E-state index is 0.332. The van der Waals surface area contributed by atoms with Crippen LogP contribution in [0.1, 0.15) is 5.56 Å². The summed E-state index contributed by atoms with van der Waals surface area (Å²) in [6.45, 7) is 1.93. The number of hydrogen-bond acceptors (Lipinski definition) is 3. The van der Waals surface area contributed by atoms with Crippen molar-refractivity contribution in [3.63, 3.8) is 0 Å². The normalized spacial score (nSPS) is 9.73. The van der Waals surface area contributed by atoms with Crippen LogP contribution in [0.2, 0.25) is 0 Å². The van der Waals surface area contributed by atoms with Gasteiger partial charge in [-0.2, -0.15) is 0 Å². The van der Waals surface area contributed by atoms with Crippen molar-refractivity contribution >= 4 is 23.5 Å². The number of anilines is 2. The van der Waals surface area contributed by atoms with Crippen LogP contribution >= 0.6 is 0 Å². The lowest BCUT2D eigenvalue weighted by Gasteiger charge is -2.09. The third-order valence-corrected chi connectivity index (χ3v) is 2.79. The Morgan fingerprint density at radius 3 is 2.32 bits per heavy atom. The van der Waals surface area contributed by atoms with Gasteiger partial charge in [0.15, 0.2) is 0 Å². The van der Waals surface area contributed by atoms with Crippen molar-refractivity contribution in [3.8, 4) is 5.75 Å². The first-order chi connectivity index (χ1) is 10.6. The first-order valence-corrected chi connectivity index (χ1v) is 6.71. The Morgan fingerprint density at radius 2 is 1.64 bits per heavy atom. The van der Waals surface area contributed by atoms with Crippen LogP contribution in [0.3, 0.4) is 0 Å². The molecule has 6 heteroatoms. The van der Waals surface area contributed by atoms with Crippen LogP contribution in [-0.2, 0) is 0 Å². The van der Waals surface area contributed by atoms with E-state index in [1.807, 2.05) is 25.1 Å². The summed E-state index contributed by atoms with van der Waals surface area (Å²) in [5.74, 6) is 0.332. The summed E-state index contributed by atoms with van der Waals surface area (Å²) < 4.78 is 5.19. The minimum Gasteiger partial charge on any atom is -0.410 e. The van der Waals surface area contributed by atoms with Crippen molar-refractivity contribution in [3.05, 3.63) is 54.1 Å². The van der Waals surface area contributed by atoms with E-state index < -0.39 is 6.09 Å². The highest BCUT2D eigenvalue weighted by Crippen LogP contribution is 2.18. The molecule has 0 atom stereocenters. The molecule has 2 aromatic rings. The summed E-state index contributed by atoms with van der Waals surface area (Å²) in [5, 5.41) is 7.68. The molecule has 6 nitrogen and oxygen atoms in total. The van der Waals surface area contributed by atoms with Gasteiger partial charge < -0.3 is 15.4 Å². The smallest absolute Gasteiger partial charge is 0.410 e. The van der Waals surface area contributed by atoms with Gasteiger partial charge in [0.2, 0.25) is 0 Å². The molecule has 0 bridgehead atoms. The van der Waals surface area contributed by atoms with E-state index in [1.54, 1.807) is 30.3 Å². The maximum absolute atomic E-state index is 11.8. The standard InChI is InChI=1S/C16H17N3O3/c1-11-5-3-6-12(9-11)19-16(21)22-14-8-4-7-13(10-14)18-15(20)17-2/h3-10H,1-2H3,(H,19,21)(H2,17,18,20). The fraction of sp³-hybridized carbons (Fsp3) is 0.125. The number of rotatable bonds is 3. The molecule has 0 aliphatic carbocycles. The van der Waals surface area contributed by atoms with Crippen LogP contribution in [0.4, 0.5) is 21.0 Å². The van der Waals surface area contributed by atoms with E-state index >= 15 is 0 Å². The topological polar surface area (TPSA) is 79.5 Å². The summed E-state index contributed by atoms with van der Waals surface area (Å²) in [6, 6.07) is 13.6. The number of hydrogen-bond donors (Lipinski definition) is 3. The van der Waals surface area contributed by atoms with E-state index in [9.17, 15) is 9.59 Å². The largest absolute Gasteiger partial charge is 0.417 e. The van der Waals surface area contributed by atoms with Gasteiger partial charge in [0.1, 0.15) is 5.75 Å². The van der Waals surface area contributed by atoms with E-state index in [-0.39, 0.29) is 6.03 Å². The number of ether oxygens (including phenoxy) is 1. The van der Waals surface area contributed by atoms with Gasteiger partial charge in [0.25, 0.3) is 0 Å². The third-order valence-electron chi connectivity index (χ3n) is 2.79. The summed E-state index contributed by atoms with van der Waals surface area (Å²) >= 11 is 0. The number of carbonyl (C=O) groups is 2. The molecule has 2 rings (SSSR count). The van der Waals surface area contributed by atoms with Crippen LogP contribution in [0.5, 0.6) is 5.75 Å². The fourth-order valence-corrected chi connectivity index (χ4v) is 1.80. The van der Waals surface area contributed by atoms with Gasteiger partial charge >= 0.3 is 12.1 Å². The lowest BCUT2D eigenvalue weighted by molar-refractivity contribution is 0.215. The van der Waals surface area contributed by atoms with Gasteiger partial charge in [-0.1, -0.05) is 18.2 Å². The first kappa shape index (κ1) is 15.4. The molecule has 3 amide bonds. The van der Waals surface area contributed by atoms with Crippen LogP contribution in [0.15, 0.2) is 48.5 Å². The minimum atomic E-state index is -0.595. The number of amides is 3. The van der Waals surface area contributed by atoms with Gasteiger partial charge in [-0.25, -0.2) is 9.59 Å². The zero-order chi connectivity index (χ0) is 15.9. The Labute approximate surface area is 128 Å². The molecule has 0 saturated heterocycles. The number of aryl methyl sites for hydroxylation is 1. The van der Waals surface area contributed by atoms with E-state index in [0.29, 0.717) is 17.1 Å². The second kappa shape index (κ2) is 7.12. The zero-order valence-electron chi connectivity index (χ0n) is 12.3. The number of carbonyl (C=O) groups excluding carboxylic acids is 2. The Morgan fingerprint density at radius 1 is 0.955 bits per heavy atom. The number of benzene rings is 2. The molecule has 0 unspecified atom stereocenters. The second-order valence-electron chi connectivity index (χ2n) is 4.62. The van der Waals surface area contributed by atoms with E-state index in [0.717, 1.165) is 5.56 Å². The molecule has 0 aliphatic heterocycles. The number of nitrogens with one attached hydrogen (secondary N) is 3. The van der Waals surface area contributed by atoms with Gasteiger partial charge in [0, 0.05) is 24.5 Å². The monoisotopic (exact) mass is 299 g/mol. The second-order valence-corrected chi connectivity index (χ2v) is 4.62. The van der Waals surface area contributed by atoms with E-state index in [2.05, 4.69) is 16.0 Å². The highest BCUT2D eigenvalue weighted by Gasteiger charge is 2.06. The fourth-order valence-electron chi connectivity index (χ4n) is 1.80. The van der Waals surface area contributed by atoms with Crippen molar-refractivity contribution in [1.29, 1.82) is 0 Å². The Kier molecular flexibility index (Phi) is 4.98. The summed E-state index contributed by atoms with van der Waals surface area (Å²) in [5.41, 5.74) is 2.22. The van der Waals surface area contributed by atoms with Crippen LogP contribution in [-0.4, -0.2) is 19.2 Å². The Bertz CT molecular complexity index is 686. The highest BCUT2D eigenvalue weighted by atomic mass is 16.6. The third kappa shape index (κ3) is 4.52. The Balaban J connectivity index is 1.99. The SMILES string of the molecule is CNC(=O)Nc1cccc(OC(=O)Nc2cccc(C)c2)c1. The maximum Gasteiger partial charge on any atom is 0.417 e. The van der Waals surface area contributed by atoms with Crippen molar-refractivity contribution in [1.82, 2.24) is 5.32 Å². The van der Waals surface area contributed by atoms with E-state index in [1.165, 1.54) is 7.05 Å². The summed E-state index contributed by atoms with van der Waals surface area (Å²) in [4.78, 5) is 23.1. The zero-order valence-corrected chi connectivity index (χ0v) is 12.3. The molecule has 0 aromatic heterocycles. The van der Waals surface area contributed by atoms with Crippen LogP contribution in [0, 0.1) is 6.92 Å². The van der Waals surface area contributed by atoms with Crippen LogP contribution < -0.4 is 20.7 Å². The lowest BCUT2D eigenvalue weighted by atomic mass is 10.2. The molecule has 0 spiro atoms. The van der Waals surface area contributed by atoms with Gasteiger partial charge in [-0.15, -0.1) is 0 Å². The molecule has 2 aromatic carbocycles. The molecule has 114 valence electrons. The molecule has 0 aliphatic rings. The number of urea groups is 1. The first-order valence-electron chi connectivity index (χ1n) is 6.71. The average Bonchev–Trinajstić information content (AvgIpc) is 2.47. The molecule has 0 heterocycles. The highest BCUT2D eigenvalue weighted by molar-refractivity contribution is 5.90. The molecule has 0 saturated carbocycles. The molecular weight excluding hydrogens is 282 g/mol. The predicted octanol–water partition coefficient (Wildman–Crippen LogP) is 3.36. The molecule has 0 radical (unpaired) electrons. The van der Waals surface area contributed by atoms with Crippen molar-refractivity contribution in [2.45, 2.75) is 6.92 Å². The average molecular weight is 299 g/mol. The van der Waals surface area contributed by atoms with Gasteiger partial charge in [-0.05, 0) is 36.8 Å². The van der Waals surface area contributed by atoms with Gasteiger partial charge in [-0.3, -0.25) is 5.32 Å². The lowest BCUT2D eigenvalue weighted by Crippen LogP contribution is -2.24. The van der Waals surface area contributed by atoms with E-state index in [4.69, 9.17) is 4.74 Å². The van der Waals surface area contributed by atoms with Crippen molar-refractivity contribution in [2.24, 2.45) is 0 Å². The summed E-state index contributed by atoms with van der Waals surface area (Å²) in [6.07, 6.45) is -0.595. The molecular formula is C16H17N3O3. The van der Waals surface area contributed by atoms with Gasteiger partial charge in [0.05, 0.1) is 0 Å². The summed E-state index contributed by atoms with van der Waals surface area (Å²) in [7, 11) is 1.52.